The minimum atomic E-state index is -4.02. The molecule has 0 bridgehead atoms. The Labute approximate surface area is 167 Å². The molecule has 0 aliphatic heterocycles. The van der Waals surface area contributed by atoms with E-state index in [0.717, 1.165) is 30.0 Å². The number of nitrogens with zero attached hydrogens (tertiary/aromatic N) is 1. The number of aliphatic hydroxyl groups is 1. The molecule has 3 N–H and O–H groups in total. The number of sulfonamides is 1. The van der Waals surface area contributed by atoms with Crippen molar-refractivity contribution in [1.29, 1.82) is 0 Å². The van der Waals surface area contributed by atoms with Crippen molar-refractivity contribution in [3.63, 3.8) is 0 Å². The number of rotatable bonds is 7. The van der Waals surface area contributed by atoms with Crippen LogP contribution in [0.2, 0.25) is 0 Å². The zero-order valence-corrected chi connectivity index (χ0v) is 16.2. The summed E-state index contributed by atoms with van der Waals surface area (Å²) in [5.74, 6) is -1.86. The fourth-order valence-electron chi connectivity index (χ4n) is 2.58. The number of benzene rings is 2. The summed E-state index contributed by atoms with van der Waals surface area (Å²) in [7, 11) is -4.02. The molecule has 0 saturated heterocycles. The number of hydrogen-bond donors (Lipinski definition) is 3. The van der Waals surface area contributed by atoms with Gasteiger partial charge >= 0.3 is 0 Å². The van der Waals surface area contributed by atoms with Gasteiger partial charge in [0, 0.05) is 18.8 Å². The lowest BCUT2D eigenvalue weighted by Gasteiger charge is -2.24. The second kappa shape index (κ2) is 8.14. The smallest absolute Gasteiger partial charge is 0.263 e. The number of hydrogen-bond acceptors (Lipinski definition) is 5. The maximum absolute atomic E-state index is 13.3. The fraction of sp³-hybridized carbons (Fsp3) is 0.150. The Bertz CT molecular complexity index is 1090. The molecule has 1 aromatic heterocycles. The van der Waals surface area contributed by atoms with Crippen LogP contribution >= 0.6 is 0 Å². The number of nitrogens with one attached hydrogen (secondary N) is 2. The lowest BCUT2D eigenvalue weighted by molar-refractivity contribution is 0.0714. The van der Waals surface area contributed by atoms with Gasteiger partial charge in [-0.15, -0.1) is 0 Å². The van der Waals surface area contributed by atoms with Crippen molar-refractivity contribution in [1.82, 2.24) is 4.98 Å². The van der Waals surface area contributed by atoms with E-state index < -0.39 is 27.3 Å². The van der Waals surface area contributed by atoms with Gasteiger partial charge in [-0.25, -0.2) is 22.2 Å². The van der Waals surface area contributed by atoms with Gasteiger partial charge in [-0.2, -0.15) is 0 Å². The van der Waals surface area contributed by atoms with E-state index in [1.165, 1.54) is 12.1 Å². The summed E-state index contributed by atoms with van der Waals surface area (Å²) >= 11 is 0. The van der Waals surface area contributed by atoms with Gasteiger partial charge in [-0.1, -0.05) is 30.3 Å². The van der Waals surface area contributed by atoms with Gasteiger partial charge in [0.2, 0.25) is 0 Å². The summed E-state index contributed by atoms with van der Waals surface area (Å²) in [6.45, 7) is 1.81. The van der Waals surface area contributed by atoms with Gasteiger partial charge in [0.1, 0.15) is 16.3 Å². The number of aromatic nitrogens is 1. The molecule has 1 heterocycles. The van der Waals surface area contributed by atoms with Crippen LogP contribution < -0.4 is 10.0 Å². The van der Waals surface area contributed by atoms with Crippen molar-refractivity contribution >= 4 is 21.5 Å². The molecule has 1 atom stereocenters. The maximum atomic E-state index is 13.3. The summed E-state index contributed by atoms with van der Waals surface area (Å²) in [6, 6.07) is 14.6. The molecule has 0 fully saturated rings. The first-order valence-corrected chi connectivity index (χ1v) is 10.1. The Kier molecular flexibility index (Phi) is 5.81. The molecule has 0 aliphatic rings. The molecule has 1 unspecified atom stereocenters. The van der Waals surface area contributed by atoms with Crippen LogP contribution in [0.4, 0.5) is 20.3 Å². The van der Waals surface area contributed by atoms with E-state index in [1.54, 1.807) is 19.1 Å². The molecule has 6 nitrogen and oxygen atoms in total. The molecule has 0 saturated carbocycles. The minimum absolute atomic E-state index is 0.106. The highest BCUT2D eigenvalue weighted by molar-refractivity contribution is 7.92. The normalized spacial score (nSPS) is 13.5. The third-order valence-corrected chi connectivity index (χ3v) is 5.59. The van der Waals surface area contributed by atoms with Crippen molar-refractivity contribution in [2.24, 2.45) is 0 Å². The molecule has 152 valence electrons. The molecule has 3 rings (SSSR count). The van der Waals surface area contributed by atoms with E-state index in [9.17, 15) is 22.3 Å². The van der Waals surface area contributed by atoms with Crippen molar-refractivity contribution in [3.05, 3.63) is 84.1 Å². The maximum Gasteiger partial charge on any atom is 0.263 e. The average Bonchev–Trinajstić information content (AvgIpc) is 2.70. The van der Waals surface area contributed by atoms with E-state index in [2.05, 4.69) is 15.0 Å². The van der Waals surface area contributed by atoms with Crippen LogP contribution in [0.15, 0.2) is 71.8 Å². The first kappa shape index (κ1) is 20.7. The Morgan fingerprint density at radius 1 is 1.03 bits per heavy atom. The van der Waals surface area contributed by atoms with Crippen LogP contribution in [0.5, 0.6) is 0 Å². The average molecular weight is 419 g/mol. The molecule has 0 spiro atoms. The monoisotopic (exact) mass is 419 g/mol. The van der Waals surface area contributed by atoms with E-state index in [-0.39, 0.29) is 17.1 Å². The molecular formula is C20H19F2N3O3S. The first-order valence-electron chi connectivity index (χ1n) is 8.63. The second-order valence-electron chi connectivity index (χ2n) is 6.61. The van der Waals surface area contributed by atoms with Crippen molar-refractivity contribution < 1.29 is 22.3 Å². The van der Waals surface area contributed by atoms with E-state index in [4.69, 9.17) is 0 Å². The van der Waals surface area contributed by atoms with Gasteiger partial charge in [0.05, 0.1) is 5.69 Å². The van der Waals surface area contributed by atoms with Crippen LogP contribution in [-0.2, 0) is 15.6 Å². The molecule has 0 aliphatic carbocycles. The number of halogens is 2. The summed E-state index contributed by atoms with van der Waals surface area (Å²) in [5.41, 5.74) is -0.533. The van der Waals surface area contributed by atoms with Crippen LogP contribution in [0.25, 0.3) is 0 Å². The highest BCUT2D eigenvalue weighted by atomic mass is 32.2. The first-order chi connectivity index (χ1) is 13.7. The molecule has 29 heavy (non-hydrogen) atoms. The Hall–Kier alpha value is -3.04. The zero-order chi connectivity index (χ0) is 21.1. The second-order valence-corrected chi connectivity index (χ2v) is 8.29. The Morgan fingerprint density at radius 2 is 1.76 bits per heavy atom. The summed E-state index contributed by atoms with van der Waals surface area (Å²) in [6.07, 6.45) is 1.13. The van der Waals surface area contributed by atoms with E-state index in [1.807, 2.05) is 18.2 Å². The van der Waals surface area contributed by atoms with E-state index in [0.29, 0.717) is 5.82 Å². The van der Waals surface area contributed by atoms with Gasteiger partial charge in [-0.05, 0) is 36.8 Å². The van der Waals surface area contributed by atoms with Crippen molar-refractivity contribution in [2.45, 2.75) is 17.4 Å². The highest BCUT2D eigenvalue weighted by Crippen LogP contribution is 2.22. The fourth-order valence-corrected chi connectivity index (χ4v) is 3.57. The molecule has 3 aromatic rings. The van der Waals surface area contributed by atoms with Crippen molar-refractivity contribution in [3.8, 4) is 0 Å². The van der Waals surface area contributed by atoms with Crippen LogP contribution in [0.3, 0.4) is 0 Å². The van der Waals surface area contributed by atoms with Gasteiger partial charge in [0.15, 0.2) is 11.6 Å². The number of pyridine rings is 1. The topological polar surface area (TPSA) is 91.3 Å². The quantitative estimate of drug-likeness (QED) is 0.545. The Balaban J connectivity index is 1.68. The Morgan fingerprint density at radius 3 is 2.38 bits per heavy atom. The summed E-state index contributed by atoms with van der Waals surface area (Å²) in [4.78, 5) is 3.89. The van der Waals surface area contributed by atoms with Gasteiger partial charge in [-0.3, -0.25) is 4.72 Å². The standard InChI is InChI=1S/C20H19F2N3O3S/c1-20(26,14-5-3-2-4-6-14)13-24-19-10-8-16(12-23-19)29(27,28)25-15-7-9-17(21)18(22)11-15/h2-12,25-26H,13H2,1H3,(H,23,24). The lowest BCUT2D eigenvalue weighted by atomic mass is 9.96. The molecule has 0 amide bonds. The third-order valence-electron chi connectivity index (χ3n) is 4.23. The molecule has 2 aromatic carbocycles. The number of anilines is 2. The highest BCUT2D eigenvalue weighted by Gasteiger charge is 2.23. The zero-order valence-electron chi connectivity index (χ0n) is 15.4. The summed E-state index contributed by atoms with van der Waals surface area (Å²) in [5, 5.41) is 13.5. The third kappa shape index (κ3) is 5.07. The van der Waals surface area contributed by atoms with E-state index >= 15 is 0 Å². The predicted octanol–water partition coefficient (Wildman–Crippen LogP) is 3.48. The SMILES string of the molecule is CC(O)(CNc1ccc(S(=O)(=O)Nc2ccc(F)c(F)c2)cn1)c1ccccc1. The van der Waals surface area contributed by atoms with Crippen LogP contribution in [0.1, 0.15) is 12.5 Å². The predicted molar refractivity (Wildman–Crippen MR) is 106 cm³/mol. The minimum Gasteiger partial charge on any atom is -0.384 e. The molecule has 0 radical (unpaired) electrons. The molecular weight excluding hydrogens is 400 g/mol. The largest absolute Gasteiger partial charge is 0.384 e. The van der Waals surface area contributed by atoms with Crippen molar-refractivity contribution in [2.75, 3.05) is 16.6 Å². The lowest BCUT2D eigenvalue weighted by Crippen LogP contribution is -2.30. The van der Waals surface area contributed by atoms with Crippen LogP contribution in [-0.4, -0.2) is 25.1 Å². The van der Waals surface area contributed by atoms with Crippen LogP contribution in [0, 0.1) is 11.6 Å². The molecule has 9 heteroatoms. The van der Waals surface area contributed by atoms with Gasteiger partial charge < -0.3 is 10.4 Å². The summed E-state index contributed by atoms with van der Waals surface area (Å²) < 4.78 is 53.2. The van der Waals surface area contributed by atoms with Gasteiger partial charge in [0.25, 0.3) is 10.0 Å².